The fourth-order valence-electron chi connectivity index (χ4n) is 3.90. The van der Waals surface area contributed by atoms with E-state index in [1.165, 1.54) is 18.1 Å². The Morgan fingerprint density at radius 1 is 1.26 bits per heavy atom. The zero-order valence-corrected chi connectivity index (χ0v) is 15.7. The number of rotatable bonds is 5. The van der Waals surface area contributed by atoms with Gasteiger partial charge in [0.25, 0.3) is 5.91 Å². The molecule has 0 bridgehead atoms. The van der Waals surface area contributed by atoms with Crippen molar-refractivity contribution in [3.63, 3.8) is 0 Å². The lowest BCUT2D eigenvalue weighted by Crippen LogP contribution is -2.49. The molecule has 2 fully saturated rings. The summed E-state index contributed by atoms with van der Waals surface area (Å²) in [6.45, 7) is -0.0916. The van der Waals surface area contributed by atoms with Crippen molar-refractivity contribution in [2.75, 3.05) is 20.7 Å². The van der Waals surface area contributed by atoms with Gasteiger partial charge >= 0.3 is 6.03 Å². The summed E-state index contributed by atoms with van der Waals surface area (Å²) in [5.74, 6) is -0.352. The largest absolute Gasteiger partial charge is 0.504 e. The van der Waals surface area contributed by atoms with Crippen LogP contribution in [0.1, 0.15) is 37.7 Å². The molecule has 1 aliphatic heterocycles. The summed E-state index contributed by atoms with van der Waals surface area (Å²) in [5, 5.41) is 12.3. The number of imide groups is 1. The van der Waals surface area contributed by atoms with E-state index in [0.29, 0.717) is 18.6 Å². The van der Waals surface area contributed by atoms with Gasteiger partial charge in [0.15, 0.2) is 11.5 Å². The molecule has 1 aromatic rings. The summed E-state index contributed by atoms with van der Waals surface area (Å²) in [5.41, 5.74) is -0.0436. The standard InChI is InChI=1S/C19H25N3O5/c1-21-18(26)22(17(25)19(21)8-4-3-5-9-19)12-16(24)20-11-13-6-7-14(23)15(10-13)27-2/h6-7,10,23H,3-5,8-9,11-12H2,1-2H3,(H,20,24). The quantitative estimate of drug-likeness (QED) is 0.762. The number of carbonyl (C=O) groups is 3. The van der Waals surface area contributed by atoms with Crippen LogP contribution >= 0.6 is 0 Å². The fraction of sp³-hybridized carbons (Fsp3) is 0.526. The molecular weight excluding hydrogens is 350 g/mol. The Morgan fingerprint density at radius 3 is 2.63 bits per heavy atom. The van der Waals surface area contributed by atoms with Crippen LogP contribution in [-0.2, 0) is 16.1 Å². The zero-order valence-electron chi connectivity index (χ0n) is 15.7. The van der Waals surface area contributed by atoms with Gasteiger partial charge in [-0.25, -0.2) is 4.79 Å². The number of carbonyl (C=O) groups excluding carboxylic acids is 3. The molecular formula is C19H25N3O5. The van der Waals surface area contributed by atoms with Crippen molar-refractivity contribution in [3.8, 4) is 11.5 Å². The van der Waals surface area contributed by atoms with Gasteiger partial charge in [0.1, 0.15) is 12.1 Å². The Morgan fingerprint density at radius 2 is 1.96 bits per heavy atom. The molecule has 1 saturated carbocycles. The lowest BCUT2D eigenvalue weighted by atomic mass is 9.81. The van der Waals surface area contributed by atoms with Crippen LogP contribution in [0.2, 0.25) is 0 Å². The average molecular weight is 375 g/mol. The second-order valence-corrected chi connectivity index (χ2v) is 7.11. The second kappa shape index (κ2) is 7.46. The van der Waals surface area contributed by atoms with Gasteiger partial charge in [-0.3, -0.25) is 14.5 Å². The molecule has 27 heavy (non-hydrogen) atoms. The molecule has 2 aliphatic rings. The predicted molar refractivity (Wildman–Crippen MR) is 97.2 cm³/mol. The van der Waals surface area contributed by atoms with Crippen molar-refractivity contribution in [1.29, 1.82) is 0 Å². The van der Waals surface area contributed by atoms with E-state index in [9.17, 15) is 19.5 Å². The van der Waals surface area contributed by atoms with E-state index < -0.39 is 17.5 Å². The van der Waals surface area contributed by atoms with Crippen molar-refractivity contribution < 1.29 is 24.2 Å². The van der Waals surface area contributed by atoms with Crippen LogP contribution in [-0.4, -0.2) is 59.0 Å². The van der Waals surface area contributed by atoms with Crippen LogP contribution in [0.5, 0.6) is 11.5 Å². The van der Waals surface area contributed by atoms with Gasteiger partial charge in [-0.2, -0.15) is 0 Å². The molecule has 146 valence electrons. The minimum atomic E-state index is -0.778. The van der Waals surface area contributed by atoms with E-state index >= 15 is 0 Å². The normalized spacial score (nSPS) is 18.9. The molecule has 1 saturated heterocycles. The Balaban J connectivity index is 1.62. The summed E-state index contributed by atoms with van der Waals surface area (Å²) in [6.07, 6.45) is 4.19. The number of nitrogens with zero attached hydrogens (tertiary/aromatic N) is 2. The maximum atomic E-state index is 12.9. The Labute approximate surface area is 158 Å². The molecule has 8 heteroatoms. The average Bonchev–Trinajstić information content (AvgIpc) is 2.84. The molecule has 3 rings (SSSR count). The molecule has 1 heterocycles. The van der Waals surface area contributed by atoms with Crippen LogP contribution in [0.25, 0.3) is 0 Å². The predicted octanol–water partition coefficient (Wildman–Crippen LogP) is 1.61. The number of nitrogens with one attached hydrogen (secondary N) is 1. The van der Waals surface area contributed by atoms with E-state index in [1.807, 2.05) is 0 Å². The number of urea groups is 1. The number of amides is 4. The SMILES string of the molecule is COc1cc(CNC(=O)CN2C(=O)N(C)C3(CCCCC3)C2=O)ccc1O. The molecule has 0 unspecified atom stereocenters. The van der Waals surface area contributed by atoms with Crippen LogP contribution < -0.4 is 10.1 Å². The van der Waals surface area contributed by atoms with Crippen LogP contribution in [0.3, 0.4) is 0 Å². The molecule has 1 aliphatic carbocycles. The maximum Gasteiger partial charge on any atom is 0.327 e. The molecule has 0 aromatic heterocycles. The van der Waals surface area contributed by atoms with Crippen molar-refractivity contribution in [3.05, 3.63) is 23.8 Å². The van der Waals surface area contributed by atoms with Gasteiger partial charge in [-0.15, -0.1) is 0 Å². The van der Waals surface area contributed by atoms with Gasteiger partial charge in [-0.05, 0) is 30.5 Å². The highest BCUT2D eigenvalue weighted by Crippen LogP contribution is 2.39. The van der Waals surface area contributed by atoms with Crippen LogP contribution in [0, 0.1) is 0 Å². The first-order valence-corrected chi connectivity index (χ1v) is 9.11. The van der Waals surface area contributed by atoms with Crippen LogP contribution in [0.4, 0.5) is 4.79 Å². The molecule has 1 aromatic carbocycles. The van der Waals surface area contributed by atoms with Gasteiger partial charge < -0.3 is 20.1 Å². The summed E-state index contributed by atoms with van der Waals surface area (Å²) >= 11 is 0. The highest BCUT2D eigenvalue weighted by molar-refractivity contribution is 6.08. The Bertz CT molecular complexity index is 758. The number of methoxy groups -OCH3 is 1. The highest BCUT2D eigenvalue weighted by Gasteiger charge is 2.55. The smallest absolute Gasteiger partial charge is 0.327 e. The van der Waals surface area contributed by atoms with Crippen molar-refractivity contribution in [1.82, 2.24) is 15.1 Å². The number of likely N-dealkylation sites (N-methyl/N-ethyl adjacent to an activating group) is 1. The number of aromatic hydroxyl groups is 1. The van der Waals surface area contributed by atoms with Crippen molar-refractivity contribution in [2.45, 2.75) is 44.2 Å². The molecule has 0 atom stereocenters. The van der Waals surface area contributed by atoms with Gasteiger partial charge in [0.2, 0.25) is 5.91 Å². The fourth-order valence-corrected chi connectivity index (χ4v) is 3.90. The summed E-state index contributed by atoms with van der Waals surface area (Å²) in [6, 6.07) is 4.35. The number of phenolic OH excluding ortho intramolecular Hbond substituents is 1. The van der Waals surface area contributed by atoms with Crippen molar-refractivity contribution in [2.24, 2.45) is 0 Å². The second-order valence-electron chi connectivity index (χ2n) is 7.11. The van der Waals surface area contributed by atoms with E-state index in [1.54, 1.807) is 19.2 Å². The third-order valence-corrected chi connectivity index (χ3v) is 5.52. The Kier molecular flexibility index (Phi) is 5.25. The number of hydrogen-bond acceptors (Lipinski definition) is 5. The molecule has 4 amide bonds. The van der Waals surface area contributed by atoms with E-state index in [2.05, 4.69) is 5.32 Å². The first-order valence-electron chi connectivity index (χ1n) is 9.11. The van der Waals surface area contributed by atoms with Gasteiger partial charge in [0.05, 0.1) is 7.11 Å². The molecule has 1 spiro atoms. The van der Waals surface area contributed by atoms with Crippen LogP contribution in [0.15, 0.2) is 18.2 Å². The lowest BCUT2D eigenvalue weighted by molar-refractivity contribution is -0.137. The summed E-state index contributed by atoms with van der Waals surface area (Å²) in [4.78, 5) is 40.3. The number of ether oxygens (including phenoxy) is 1. The maximum absolute atomic E-state index is 12.9. The lowest BCUT2D eigenvalue weighted by Gasteiger charge is -2.35. The molecule has 2 N–H and O–H groups in total. The first-order chi connectivity index (χ1) is 12.9. The number of phenols is 1. The number of hydrogen-bond donors (Lipinski definition) is 2. The molecule has 8 nitrogen and oxygen atoms in total. The zero-order chi connectivity index (χ0) is 19.6. The minimum absolute atomic E-state index is 0.0154. The summed E-state index contributed by atoms with van der Waals surface area (Å²) in [7, 11) is 3.09. The Hall–Kier alpha value is -2.77. The highest BCUT2D eigenvalue weighted by atomic mass is 16.5. The van der Waals surface area contributed by atoms with E-state index in [0.717, 1.165) is 29.7 Å². The molecule has 0 radical (unpaired) electrons. The van der Waals surface area contributed by atoms with E-state index in [-0.39, 0.29) is 24.7 Å². The number of benzene rings is 1. The minimum Gasteiger partial charge on any atom is -0.504 e. The van der Waals surface area contributed by atoms with Gasteiger partial charge in [-0.1, -0.05) is 25.3 Å². The third-order valence-electron chi connectivity index (χ3n) is 5.52. The monoisotopic (exact) mass is 375 g/mol. The van der Waals surface area contributed by atoms with Crippen molar-refractivity contribution >= 4 is 17.8 Å². The van der Waals surface area contributed by atoms with E-state index in [4.69, 9.17) is 4.74 Å². The third kappa shape index (κ3) is 3.43. The van der Waals surface area contributed by atoms with Gasteiger partial charge in [0, 0.05) is 13.6 Å². The first kappa shape index (κ1) is 19.0. The topological polar surface area (TPSA) is 99.2 Å². The summed E-state index contributed by atoms with van der Waals surface area (Å²) < 4.78 is 5.04.